The predicted molar refractivity (Wildman–Crippen MR) is 137 cm³/mol. The molecule has 0 bridgehead atoms. The van der Waals surface area contributed by atoms with E-state index < -0.39 is 41.6 Å². The lowest BCUT2D eigenvalue weighted by Gasteiger charge is -2.22. The molecule has 0 heterocycles. The van der Waals surface area contributed by atoms with Crippen LogP contribution in [0, 0.1) is 5.92 Å². The number of carbonyl (C=O) groups excluding carboxylic acids is 4. The molecule has 200 valence electrons. The van der Waals surface area contributed by atoms with Gasteiger partial charge in [-0.05, 0) is 49.9 Å². The second-order valence-electron chi connectivity index (χ2n) is 9.75. The Morgan fingerprint density at radius 2 is 1.57 bits per heavy atom. The van der Waals surface area contributed by atoms with Crippen molar-refractivity contribution in [2.75, 3.05) is 11.9 Å². The first-order valence-electron chi connectivity index (χ1n) is 11.9. The summed E-state index contributed by atoms with van der Waals surface area (Å²) in [6.45, 7) is 8.36. The maximum Gasteiger partial charge on any atom is 0.408 e. The van der Waals surface area contributed by atoms with Crippen LogP contribution in [0.3, 0.4) is 0 Å². The molecule has 37 heavy (non-hydrogen) atoms. The molecule has 0 aliphatic rings. The average molecular weight is 514 g/mol. The van der Waals surface area contributed by atoms with Gasteiger partial charge in [-0.15, -0.1) is 0 Å². The minimum Gasteiger partial charge on any atom is -0.458 e. The molecule has 2 aromatic carbocycles. The highest BCUT2D eigenvalue weighted by molar-refractivity contribution is 5.95. The van der Waals surface area contributed by atoms with Gasteiger partial charge in [0.15, 0.2) is 6.10 Å². The molecule has 10 heteroatoms. The Balaban J connectivity index is 1.83. The van der Waals surface area contributed by atoms with Gasteiger partial charge in [0, 0.05) is 5.69 Å². The summed E-state index contributed by atoms with van der Waals surface area (Å²) in [5.74, 6) is -2.05. The van der Waals surface area contributed by atoms with Gasteiger partial charge in [-0.1, -0.05) is 56.3 Å². The van der Waals surface area contributed by atoms with Gasteiger partial charge in [0.25, 0.3) is 0 Å². The second-order valence-corrected chi connectivity index (χ2v) is 9.75. The zero-order valence-corrected chi connectivity index (χ0v) is 21.7. The maximum absolute atomic E-state index is 12.6. The van der Waals surface area contributed by atoms with Crippen molar-refractivity contribution in [1.82, 2.24) is 10.6 Å². The van der Waals surface area contributed by atoms with E-state index in [-0.39, 0.29) is 19.1 Å². The van der Waals surface area contributed by atoms with E-state index in [1.54, 1.807) is 34.6 Å². The van der Waals surface area contributed by atoms with Crippen LogP contribution in [-0.4, -0.2) is 47.2 Å². The van der Waals surface area contributed by atoms with Crippen LogP contribution in [0.15, 0.2) is 54.6 Å². The van der Waals surface area contributed by atoms with Gasteiger partial charge in [0.05, 0.1) is 6.54 Å². The molecular formula is C27H35N3O7. The van der Waals surface area contributed by atoms with E-state index in [4.69, 9.17) is 9.47 Å². The van der Waals surface area contributed by atoms with Gasteiger partial charge in [-0.3, -0.25) is 9.59 Å². The number of hydrogen-bond acceptors (Lipinski definition) is 7. The van der Waals surface area contributed by atoms with Gasteiger partial charge in [0.1, 0.15) is 18.2 Å². The number of ether oxygens (including phenoxy) is 2. The summed E-state index contributed by atoms with van der Waals surface area (Å²) in [5, 5.41) is 17.8. The molecule has 2 atom stereocenters. The highest BCUT2D eigenvalue weighted by Gasteiger charge is 2.26. The third-order valence-electron chi connectivity index (χ3n) is 5.00. The molecule has 0 radical (unpaired) electrons. The highest BCUT2D eigenvalue weighted by Crippen LogP contribution is 2.20. The Bertz CT molecular complexity index is 1060. The third kappa shape index (κ3) is 10.3. The number of amides is 3. The zero-order valence-electron chi connectivity index (χ0n) is 21.7. The minimum atomic E-state index is -1.46. The monoisotopic (exact) mass is 513 g/mol. The molecule has 2 unspecified atom stereocenters. The topological polar surface area (TPSA) is 143 Å². The van der Waals surface area contributed by atoms with Gasteiger partial charge >= 0.3 is 12.1 Å². The first-order valence-corrected chi connectivity index (χ1v) is 11.9. The van der Waals surface area contributed by atoms with Gasteiger partial charge in [-0.25, -0.2) is 9.59 Å². The maximum atomic E-state index is 12.6. The van der Waals surface area contributed by atoms with Crippen molar-refractivity contribution in [3.8, 4) is 0 Å². The summed E-state index contributed by atoms with van der Waals surface area (Å²) in [4.78, 5) is 49.1. The second kappa shape index (κ2) is 13.4. The zero-order chi connectivity index (χ0) is 27.6. The Kier molecular flexibility index (Phi) is 10.6. The molecule has 4 N–H and O–H groups in total. The normalized spacial score (nSPS) is 12.7. The fraction of sp³-hybridized carbons (Fsp3) is 0.407. The Hall–Kier alpha value is -3.92. The van der Waals surface area contributed by atoms with Gasteiger partial charge in [0.2, 0.25) is 11.8 Å². The van der Waals surface area contributed by atoms with Crippen molar-refractivity contribution in [2.45, 2.75) is 59.0 Å². The summed E-state index contributed by atoms with van der Waals surface area (Å²) in [6.07, 6.45) is -2.20. The number of aliphatic hydroxyl groups is 1. The van der Waals surface area contributed by atoms with Crippen molar-refractivity contribution in [1.29, 1.82) is 0 Å². The number of carbonyl (C=O) groups is 4. The lowest BCUT2D eigenvalue weighted by atomic mass is 10.0. The summed E-state index contributed by atoms with van der Waals surface area (Å²) in [7, 11) is 0. The number of esters is 1. The highest BCUT2D eigenvalue weighted by atomic mass is 16.6. The van der Waals surface area contributed by atoms with Crippen LogP contribution in [0.4, 0.5) is 10.5 Å². The van der Waals surface area contributed by atoms with E-state index in [9.17, 15) is 24.3 Å². The van der Waals surface area contributed by atoms with Crippen LogP contribution >= 0.6 is 0 Å². The van der Waals surface area contributed by atoms with E-state index in [1.165, 1.54) is 24.3 Å². The first-order chi connectivity index (χ1) is 17.4. The van der Waals surface area contributed by atoms with Gasteiger partial charge in [-0.2, -0.15) is 0 Å². The quantitative estimate of drug-likeness (QED) is 0.358. The molecule has 2 aromatic rings. The van der Waals surface area contributed by atoms with Crippen LogP contribution in [-0.2, 0) is 30.5 Å². The third-order valence-corrected chi connectivity index (χ3v) is 5.00. The number of aliphatic hydroxyl groups excluding tert-OH is 1. The van der Waals surface area contributed by atoms with E-state index in [2.05, 4.69) is 16.0 Å². The number of benzene rings is 2. The number of alkyl carbamates (subject to hydrolysis) is 1. The van der Waals surface area contributed by atoms with Crippen molar-refractivity contribution in [3.63, 3.8) is 0 Å². The van der Waals surface area contributed by atoms with E-state index in [0.717, 1.165) is 5.56 Å². The largest absolute Gasteiger partial charge is 0.458 e. The molecule has 0 saturated carbocycles. The van der Waals surface area contributed by atoms with E-state index in [1.807, 2.05) is 30.3 Å². The smallest absolute Gasteiger partial charge is 0.408 e. The lowest BCUT2D eigenvalue weighted by molar-refractivity contribution is -0.165. The Morgan fingerprint density at radius 3 is 2.14 bits per heavy atom. The van der Waals surface area contributed by atoms with Crippen LogP contribution in [0.1, 0.15) is 51.8 Å². The molecule has 10 nitrogen and oxygen atoms in total. The van der Waals surface area contributed by atoms with Crippen molar-refractivity contribution in [3.05, 3.63) is 65.7 Å². The molecular weight excluding hydrogens is 478 g/mol. The number of rotatable bonds is 10. The fourth-order valence-electron chi connectivity index (χ4n) is 3.15. The molecule has 0 spiro atoms. The van der Waals surface area contributed by atoms with E-state index >= 15 is 0 Å². The number of anilines is 1. The number of nitrogens with one attached hydrogen (secondary N) is 3. The number of hydrogen-bond donors (Lipinski definition) is 4. The molecule has 0 aromatic heterocycles. The molecule has 0 fully saturated rings. The van der Waals surface area contributed by atoms with Crippen molar-refractivity contribution < 1.29 is 33.8 Å². The molecule has 0 aliphatic heterocycles. The van der Waals surface area contributed by atoms with Crippen LogP contribution in [0.25, 0.3) is 0 Å². The average Bonchev–Trinajstić information content (AvgIpc) is 2.84. The molecule has 0 aliphatic carbocycles. The molecule has 3 amide bonds. The van der Waals surface area contributed by atoms with Crippen molar-refractivity contribution in [2.24, 2.45) is 5.92 Å². The SMILES string of the molecule is CC(C)C(NC(=O)OCc1ccccc1)C(=O)NCC(=O)Nc1ccc(C(O)C(=O)OC(C)(C)C)cc1. The van der Waals surface area contributed by atoms with Crippen LogP contribution in [0.2, 0.25) is 0 Å². The Labute approximate surface area is 216 Å². The predicted octanol–water partition coefficient (Wildman–Crippen LogP) is 3.07. The van der Waals surface area contributed by atoms with Crippen LogP contribution < -0.4 is 16.0 Å². The summed E-state index contributed by atoms with van der Waals surface area (Å²) >= 11 is 0. The minimum absolute atomic E-state index is 0.0646. The first kappa shape index (κ1) is 29.3. The Morgan fingerprint density at radius 1 is 0.946 bits per heavy atom. The summed E-state index contributed by atoms with van der Waals surface area (Å²) in [5.41, 5.74) is 0.795. The van der Waals surface area contributed by atoms with Crippen LogP contribution in [0.5, 0.6) is 0 Å². The van der Waals surface area contributed by atoms with Crippen molar-refractivity contribution >= 4 is 29.6 Å². The lowest BCUT2D eigenvalue weighted by Crippen LogP contribution is -2.51. The standard InChI is InChI=1S/C27H35N3O7/c1-17(2)22(30-26(35)36-16-18-9-7-6-8-10-18)24(33)28-15-21(31)29-20-13-11-19(12-14-20)23(32)25(34)37-27(3,4)5/h6-14,17,22-23,32H,15-16H2,1-5H3,(H,28,33)(H,29,31)(H,30,35). The molecule has 0 saturated heterocycles. The summed E-state index contributed by atoms with van der Waals surface area (Å²) < 4.78 is 10.3. The fourth-order valence-corrected chi connectivity index (χ4v) is 3.15. The van der Waals surface area contributed by atoms with E-state index in [0.29, 0.717) is 11.3 Å². The van der Waals surface area contributed by atoms with Gasteiger partial charge < -0.3 is 30.5 Å². The summed E-state index contributed by atoms with van der Waals surface area (Å²) in [6, 6.07) is 14.3. The molecule has 2 rings (SSSR count).